The normalized spacial score (nSPS) is 22.7. The van der Waals surface area contributed by atoms with Crippen molar-refractivity contribution in [2.75, 3.05) is 6.61 Å². The monoisotopic (exact) mass is 176 g/mol. The van der Waals surface area contributed by atoms with Crippen LogP contribution in [-0.2, 0) is 4.74 Å². The quantitative estimate of drug-likeness (QED) is 0.642. The molecule has 2 atom stereocenters. The predicted molar refractivity (Wildman–Crippen MR) is 53.8 cm³/mol. The number of epoxide rings is 1. The first-order valence-electron chi connectivity index (χ1n) is 5.06. The van der Waals surface area contributed by atoms with Crippen molar-refractivity contribution in [1.29, 1.82) is 0 Å². The van der Waals surface area contributed by atoms with Gasteiger partial charge in [-0.1, -0.05) is 37.3 Å². The largest absolute Gasteiger partial charge is 0.373 e. The van der Waals surface area contributed by atoms with Gasteiger partial charge in [-0.05, 0) is 24.3 Å². The Bertz CT molecular complexity index is 251. The zero-order valence-corrected chi connectivity index (χ0v) is 8.07. The van der Waals surface area contributed by atoms with Crippen molar-refractivity contribution in [2.45, 2.75) is 31.8 Å². The van der Waals surface area contributed by atoms with Crippen LogP contribution in [-0.4, -0.2) is 12.7 Å². The van der Waals surface area contributed by atoms with Crippen molar-refractivity contribution in [1.82, 2.24) is 0 Å². The number of rotatable bonds is 4. The van der Waals surface area contributed by atoms with Crippen LogP contribution in [0.3, 0.4) is 0 Å². The van der Waals surface area contributed by atoms with Crippen molar-refractivity contribution in [2.24, 2.45) is 0 Å². The average molecular weight is 176 g/mol. The van der Waals surface area contributed by atoms with Crippen LogP contribution in [0.2, 0.25) is 0 Å². The highest BCUT2D eigenvalue weighted by Gasteiger charge is 2.26. The third-order valence-electron chi connectivity index (χ3n) is 2.71. The molecule has 0 N–H and O–H groups in total. The minimum absolute atomic E-state index is 0.546. The van der Waals surface area contributed by atoms with Crippen molar-refractivity contribution < 1.29 is 4.74 Å². The fourth-order valence-electron chi connectivity index (χ4n) is 1.79. The van der Waals surface area contributed by atoms with Crippen molar-refractivity contribution in [3.8, 4) is 0 Å². The first kappa shape index (κ1) is 8.76. The number of benzene rings is 1. The molecule has 0 aliphatic carbocycles. The Labute approximate surface area is 79.7 Å². The molecule has 13 heavy (non-hydrogen) atoms. The smallest absolute Gasteiger partial charge is 0.0815 e. The maximum absolute atomic E-state index is 5.26. The highest BCUT2D eigenvalue weighted by Crippen LogP contribution is 2.29. The fourth-order valence-corrected chi connectivity index (χ4v) is 1.79. The molecule has 1 saturated heterocycles. The molecule has 0 saturated carbocycles. The van der Waals surface area contributed by atoms with E-state index in [1.807, 2.05) is 0 Å². The molecule has 0 spiro atoms. The summed E-state index contributed by atoms with van der Waals surface area (Å²) in [4.78, 5) is 0. The predicted octanol–water partition coefficient (Wildman–Crippen LogP) is 2.97. The lowest BCUT2D eigenvalue weighted by atomic mass is 9.92. The van der Waals surface area contributed by atoms with Gasteiger partial charge in [-0.3, -0.25) is 0 Å². The van der Waals surface area contributed by atoms with E-state index in [1.165, 1.54) is 18.4 Å². The maximum Gasteiger partial charge on any atom is 0.0815 e. The molecule has 1 aliphatic heterocycles. The summed E-state index contributed by atoms with van der Waals surface area (Å²) in [6, 6.07) is 10.7. The van der Waals surface area contributed by atoms with Gasteiger partial charge in [0.25, 0.3) is 0 Å². The molecule has 1 aliphatic rings. The molecule has 0 amide bonds. The van der Waals surface area contributed by atoms with E-state index in [9.17, 15) is 0 Å². The third-order valence-corrected chi connectivity index (χ3v) is 2.71. The number of hydrogen-bond donors (Lipinski definition) is 0. The Balaban J connectivity index is 2.02. The van der Waals surface area contributed by atoms with Gasteiger partial charge in [0.2, 0.25) is 0 Å². The lowest BCUT2D eigenvalue weighted by Crippen LogP contribution is -2.01. The molecule has 70 valence electrons. The van der Waals surface area contributed by atoms with Gasteiger partial charge in [-0.25, -0.2) is 0 Å². The molecule has 1 heteroatoms. The average Bonchev–Trinajstić information content (AvgIpc) is 2.99. The van der Waals surface area contributed by atoms with E-state index in [0.717, 1.165) is 6.61 Å². The molecule has 0 aromatic heterocycles. The van der Waals surface area contributed by atoms with Gasteiger partial charge in [0, 0.05) is 0 Å². The Morgan fingerprint density at radius 1 is 1.38 bits per heavy atom. The first-order chi connectivity index (χ1) is 6.40. The zero-order valence-electron chi connectivity index (χ0n) is 8.07. The summed E-state index contributed by atoms with van der Waals surface area (Å²) in [6.07, 6.45) is 2.95. The van der Waals surface area contributed by atoms with E-state index >= 15 is 0 Å². The molecule has 2 unspecified atom stereocenters. The second-order valence-corrected chi connectivity index (χ2v) is 3.71. The van der Waals surface area contributed by atoms with E-state index in [2.05, 4.69) is 37.3 Å². The maximum atomic E-state index is 5.26. The van der Waals surface area contributed by atoms with Crippen molar-refractivity contribution >= 4 is 0 Å². The molecule has 1 aromatic carbocycles. The number of hydrogen-bond acceptors (Lipinski definition) is 1. The van der Waals surface area contributed by atoms with Gasteiger partial charge in [-0.15, -0.1) is 0 Å². The van der Waals surface area contributed by atoms with E-state index in [1.54, 1.807) is 0 Å². The van der Waals surface area contributed by atoms with E-state index in [4.69, 9.17) is 4.74 Å². The molecule has 1 nitrogen and oxygen atoms in total. The van der Waals surface area contributed by atoms with Crippen LogP contribution in [0.15, 0.2) is 30.3 Å². The SMILES string of the molecule is CCC(CC1CO1)c1ccccc1. The van der Waals surface area contributed by atoms with Gasteiger partial charge in [0.15, 0.2) is 0 Å². The van der Waals surface area contributed by atoms with Crippen LogP contribution in [0, 0.1) is 0 Å². The summed E-state index contributed by atoms with van der Waals surface area (Å²) in [7, 11) is 0. The molecule has 1 heterocycles. The summed E-state index contributed by atoms with van der Waals surface area (Å²) in [5.74, 6) is 0.689. The van der Waals surface area contributed by atoms with Crippen molar-refractivity contribution in [3.05, 3.63) is 35.9 Å². The van der Waals surface area contributed by atoms with E-state index in [-0.39, 0.29) is 0 Å². The molecule has 1 fully saturated rings. The summed E-state index contributed by atoms with van der Waals surface area (Å²) >= 11 is 0. The highest BCUT2D eigenvalue weighted by atomic mass is 16.6. The molecule has 0 radical (unpaired) electrons. The van der Waals surface area contributed by atoms with Gasteiger partial charge in [0.05, 0.1) is 12.7 Å². The van der Waals surface area contributed by atoms with Gasteiger partial charge in [0.1, 0.15) is 0 Å². The van der Waals surface area contributed by atoms with E-state index in [0.29, 0.717) is 12.0 Å². The summed E-state index contributed by atoms with van der Waals surface area (Å²) in [5, 5.41) is 0. The zero-order chi connectivity index (χ0) is 9.10. The second kappa shape index (κ2) is 3.93. The molecular weight excluding hydrogens is 160 g/mol. The van der Waals surface area contributed by atoms with Gasteiger partial charge in [-0.2, -0.15) is 0 Å². The highest BCUT2D eigenvalue weighted by molar-refractivity contribution is 5.19. The third kappa shape index (κ3) is 2.31. The number of ether oxygens (including phenoxy) is 1. The van der Waals surface area contributed by atoms with Gasteiger partial charge < -0.3 is 4.74 Å². The van der Waals surface area contributed by atoms with E-state index < -0.39 is 0 Å². The minimum atomic E-state index is 0.546. The second-order valence-electron chi connectivity index (χ2n) is 3.71. The van der Waals surface area contributed by atoms with Crippen LogP contribution in [0.5, 0.6) is 0 Å². The lowest BCUT2D eigenvalue weighted by molar-refractivity contribution is 0.378. The van der Waals surface area contributed by atoms with Crippen LogP contribution in [0.4, 0.5) is 0 Å². The molecule has 2 rings (SSSR count). The fraction of sp³-hybridized carbons (Fsp3) is 0.500. The minimum Gasteiger partial charge on any atom is -0.373 e. The lowest BCUT2D eigenvalue weighted by Gasteiger charge is -2.13. The first-order valence-corrected chi connectivity index (χ1v) is 5.06. The Morgan fingerprint density at radius 2 is 2.08 bits per heavy atom. The molecular formula is C12H16O. The Hall–Kier alpha value is -0.820. The summed E-state index contributed by atoms with van der Waals surface area (Å²) < 4.78 is 5.26. The summed E-state index contributed by atoms with van der Waals surface area (Å²) in [5.41, 5.74) is 1.46. The Kier molecular flexibility index (Phi) is 2.65. The van der Waals surface area contributed by atoms with Crippen LogP contribution in [0.25, 0.3) is 0 Å². The topological polar surface area (TPSA) is 12.5 Å². The Morgan fingerprint density at radius 3 is 2.62 bits per heavy atom. The van der Waals surface area contributed by atoms with Crippen LogP contribution in [0.1, 0.15) is 31.2 Å². The van der Waals surface area contributed by atoms with Gasteiger partial charge >= 0.3 is 0 Å². The molecule has 1 aromatic rings. The van der Waals surface area contributed by atoms with Crippen molar-refractivity contribution in [3.63, 3.8) is 0 Å². The van der Waals surface area contributed by atoms with Crippen LogP contribution < -0.4 is 0 Å². The standard InChI is InChI=1S/C12H16O/c1-2-10(8-12-9-13-12)11-6-4-3-5-7-11/h3-7,10,12H,2,8-9H2,1H3. The van der Waals surface area contributed by atoms with Crippen LogP contribution >= 0.6 is 0 Å². The molecule has 0 bridgehead atoms. The summed E-state index contributed by atoms with van der Waals surface area (Å²) in [6.45, 7) is 3.23.